The van der Waals surface area contributed by atoms with E-state index in [4.69, 9.17) is 0 Å². The Morgan fingerprint density at radius 2 is 1.92 bits per heavy atom. The molecule has 1 aromatic carbocycles. The molecule has 0 unspecified atom stereocenters. The van der Waals surface area contributed by atoms with Gasteiger partial charge in [-0.1, -0.05) is 12.1 Å². The van der Waals surface area contributed by atoms with E-state index in [2.05, 4.69) is 32.4 Å². The maximum atomic E-state index is 13.3. The second kappa shape index (κ2) is 6.32. The van der Waals surface area contributed by atoms with Crippen molar-refractivity contribution in [3.05, 3.63) is 36.2 Å². The minimum atomic E-state index is 0.0869. The second-order valence-corrected chi connectivity index (χ2v) is 6.67. The van der Waals surface area contributed by atoms with Crippen molar-refractivity contribution in [1.82, 2.24) is 30.0 Å². The lowest BCUT2D eigenvalue weighted by molar-refractivity contribution is 0.0664. The Bertz CT molecular complexity index is 716. The average molecular weight is 326 g/mol. The zero-order valence-electron chi connectivity index (χ0n) is 13.9. The van der Waals surface area contributed by atoms with Crippen LogP contribution in [0, 0.1) is 0 Å². The highest BCUT2D eigenvalue weighted by atomic mass is 16.2. The Hall–Kier alpha value is -2.28. The summed E-state index contributed by atoms with van der Waals surface area (Å²) in [5.41, 5.74) is 1.40. The van der Waals surface area contributed by atoms with Crippen molar-refractivity contribution < 1.29 is 4.79 Å². The van der Waals surface area contributed by atoms with Crippen LogP contribution in [-0.2, 0) is 0 Å². The van der Waals surface area contributed by atoms with Crippen LogP contribution in [0.2, 0.25) is 0 Å². The van der Waals surface area contributed by atoms with Gasteiger partial charge in [0.1, 0.15) is 6.33 Å². The number of likely N-dealkylation sites (tertiary alicyclic amines) is 2. The highest BCUT2D eigenvalue weighted by Gasteiger charge is 2.39. The van der Waals surface area contributed by atoms with Gasteiger partial charge in [-0.05, 0) is 61.8 Å². The first kappa shape index (κ1) is 15.3. The van der Waals surface area contributed by atoms with Gasteiger partial charge in [-0.3, -0.25) is 4.79 Å². The number of nitrogens with zero attached hydrogens (tertiary/aromatic N) is 6. The summed E-state index contributed by atoms with van der Waals surface area (Å²) in [6.45, 7) is 1.96. The van der Waals surface area contributed by atoms with Gasteiger partial charge in [0.15, 0.2) is 0 Å². The molecule has 2 atom stereocenters. The van der Waals surface area contributed by atoms with Gasteiger partial charge in [-0.25, -0.2) is 0 Å². The molecular formula is C17H22N6O. The molecule has 126 valence electrons. The summed E-state index contributed by atoms with van der Waals surface area (Å²) < 4.78 is 1.56. The molecule has 3 heterocycles. The number of amides is 1. The monoisotopic (exact) mass is 326 g/mol. The van der Waals surface area contributed by atoms with Gasteiger partial charge in [-0.2, -0.15) is 4.68 Å². The molecule has 2 aliphatic heterocycles. The molecule has 2 aliphatic rings. The smallest absolute Gasteiger partial charge is 0.256 e. The lowest BCUT2D eigenvalue weighted by atomic mass is 10.0. The van der Waals surface area contributed by atoms with Crippen LogP contribution in [0.5, 0.6) is 0 Å². The SMILES string of the molecule is CN1CCC[C@H]1[C@H]1CCCN1C(=O)c1ccccc1-n1cnnn1. The number of hydrogen-bond donors (Lipinski definition) is 0. The van der Waals surface area contributed by atoms with Gasteiger partial charge in [0.25, 0.3) is 5.91 Å². The van der Waals surface area contributed by atoms with Crippen molar-refractivity contribution >= 4 is 5.91 Å². The van der Waals surface area contributed by atoms with E-state index in [9.17, 15) is 4.79 Å². The summed E-state index contributed by atoms with van der Waals surface area (Å²) in [5, 5.41) is 11.3. The second-order valence-electron chi connectivity index (χ2n) is 6.67. The molecule has 1 amide bonds. The zero-order valence-corrected chi connectivity index (χ0v) is 13.9. The van der Waals surface area contributed by atoms with E-state index >= 15 is 0 Å². The van der Waals surface area contributed by atoms with Gasteiger partial charge in [0.05, 0.1) is 11.3 Å². The summed E-state index contributed by atoms with van der Waals surface area (Å²) in [6, 6.07) is 8.35. The largest absolute Gasteiger partial charge is 0.334 e. The van der Waals surface area contributed by atoms with Crippen LogP contribution in [0.4, 0.5) is 0 Å². The van der Waals surface area contributed by atoms with Crippen molar-refractivity contribution in [2.24, 2.45) is 0 Å². The third-order valence-electron chi connectivity index (χ3n) is 5.31. The minimum Gasteiger partial charge on any atom is -0.334 e. The predicted molar refractivity (Wildman–Crippen MR) is 88.9 cm³/mol. The number of carbonyl (C=O) groups excluding carboxylic acids is 1. The Morgan fingerprint density at radius 3 is 2.67 bits per heavy atom. The molecule has 2 aromatic rings. The summed E-state index contributed by atoms with van der Waals surface area (Å²) in [4.78, 5) is 17.7. The van der Waals surface area contributed by atoms with Crippen molar-refractivity contribution in [3.8, 4) is 5.69 Å². The number of tetrazole rings is 1. The molecule has 0 aliphatic carbocycles. The average Bonchev–Trinajstić information content (AvgIpc) is 3.35. The van der Waals surface area contributed by atoms with Crippen molar-refractivity contribution in [2.45, 2.75) is 37.8 Å². The van der Waals surface area contributed by atoms with Crippen LogP contribution in [0.25, 0.3) is 5.69 Å². The van der Waals surface area contributed by atoms with Crippen molar-refractivity contribution in [1.29, 1.82) is 0 Å². The molecule has 4 rings (SSSR count). The van der Waals surface area contributed by atoms with E-state index in [1.165, 1.54) is 19.2 Å². The third kappa shape index (κ3) is 2.58. The number of likely N-dealkylation sites (N-methyl/N-ethyl adjacent to an activating group) is 1. The van der Waals surface area contributed by atoms with Crippen LogP contribution in [0.15, 0.2) is 30.6 Å². The van der Waals surface area contributed by atoms with E-state index in [-0.39, 0.29) is 5.91 Å². The van der Waals surface area contributed by atoms with E-state index < -0.39 is 0 Å². The molecule has 0 spiro atoms. The number of para-hydroxylation sites is 1. The highest BCUT2D eigenvalue weighted by Crippen LogP contribution is 2.30. The number of benzene rings is 1. The standard InChI is InChI=1S/C17H22N6O/c1-21-10-4-8-15(21)16-9-5-11-22(16)17(24)13-6-2-3-7-14(13)23-12-18-19-20-23/h2-3,6-7,12,15-16H,4-5,8-11H2,1H3/t15-,16+/m0/s1. The summed E-state index contributed by atoms with van der Waals surface area (Å²) in [6.07, 6.45) is 6.10. The van der Waals surface area contributed by atoms with Crippen LogP contribution in [-0.4, -0.2) is 68.1 Å². The summed E-state index contributed by atoms with van der Waals surface area (Å²) in [7, 11) is 2.17. The molecule has 24 heavy (non-hydrogen) atoms. The lowest BCUT2D eigenvalue weighted by Gasteiger charge is -2.33. The Morgan fingerprint density at radius 1 is 1.12 bits per heavy atom. The molecular weight excluding hydrogens is 304 g/mol. The fourth-order valence-electron chi connectivity index (χ4n) is 4.15. The molecule has 2 fully saturated rings. The maximum Gasteiger partial charge on any atom is 0.256 e. The van der Waals surface area contributed by atoms with Crippen LogP contribution in [0.1, 0.15) is 36.0 Å². The molecule has 0 radical (unpaired) electrons. The fourth-order valence-corrected chi connectivity index (χ4v) is 4.15. The predicted octanol–water partition coefficient (Wildman–Crippen LogP) is 1.36. The van der Waals surface area contributed by atoms with Crippen molar-refractivity contribution in [3.63, 3.8) is 0 Å². The normalized spacial score (nSPS) is 24.6. The quantitative estimate of drug-likeness (QED) is 0.852. The van der Waals surface area contributed by atoms with E-state index in [0.717, 1.165) is 31.6 Å². The third-order valence-corrected chi connectivity index (χ3v) is 5.31. The van der Waals surface area contributed by atoms with E-state index in [1.807, 2.05) is 24.3 Å². The number of hydrogen-bond acceptors (Lipinski definition) is 5. The molecule has 2 saturated heterocycles. The van der Waals surface area contributed by atoms with Crippen LogP contribution >= 0.6 is 0 Å². The zero-order chi connectivity index (χ0) is 16.5. The van der Waals surface area contributed by atoms with Gasteiger partial charge >= 0.3 is 0 Å². The molecule has 7 nitrogen and oxygen atoms in total. The first-order valence-corrected chi connectivity index (χ1v) is 8.59. The van der Waals surface area contributed by atoms with E-state index in [0.29, 0.717) is 17.6 Å². The number of aromatic nitrogens is 4. The molecule has 7 heteroatoms. The topological polar surface area (TPSA) is 67.2 Å². The summed E-state index contributed by atoms with van der Waals surface area (Å²) in [5.74, 6) is 0.0869. The number of carbonyl (C=O) groups is 1. The summed E-state index contributed by atoms with van der Waals surface area (Å²) >= 11 is 0. The highest BCUT2D eigenvalue weighted by molar-refractivity contribution is 5.98. The van der Waals surface area contributed by atoms with Gasteiger partial charge < -0.3 is 9.80 Å². The molecule has 0 bridgehead atoms. The Kier molecular flexibility index (Phi) is 4.02. The molecule has 0 N–H and O–H groups in total. The Balaban J connectivity index is 1.64. The van der Waals surface area contributed by atoms with Crippen LogP contribution < -0.4 is 0 Å². The minimum absolute atomic E-state index is 0.0869. The molecule has 1 aromatic heterocycles. The van der Waals surface area contributed by atoms with Gasteiger partial charge in [0, 0.05) is 18.6 Å². The van der Waals surface area contributed by atoms with E-state index in [1.54, 1.807) is 4.68 Å². The van der Waals surface area contributed by atoms with Gasteiger partial charge in [-0.15, -0.1) is 5.10 Å². The lowest BCUT2D eigenvalue weighted by Crippen LogP contribution is -2.47. The van der Waals surface area contributed by atoms with Crippen LogP contribution in [0.3, 0.4) is 0 Å². The first-order valence-electron chi connectivity index (χ1n) is 8.59. The molecule has 0 saturated carbocycles. The number of rotatable bonds is 3. The van der Waals surface area contributed by atoms with Gasteiger partial charge in [0.2, 0.25) is 0 Å². The Labute approximate surface area is 141 Å². The van der Waals surface area contributed by atoms with Crippen molar-refractivity contribution in [2.75, 3.05) is 20.1 Å². The maximum absolute atomic E-state index is 13.3. The first-order chi connectivity index (χ1) is 11.8. The fraction of sp³-hybridized carbons (Fsp3) is 0.529.